The van der Waals surface area contributed by atoms with Crippen LogP contribution in [0.25, 0.3) is 10.8 Å². The summed E-state index contributed by atoms with van der Waals surface area (Å²) in [6.07, 6.45) is 1.71. The number of hydrogen-bond acceptors (Lipinski definition) is 3. The topological polar surface area (TPSA) is 33.2 Å². The molecule has 0 radical (unpaired) electrons. The zero-order chi connectivity index (χ0) is 13.1. The maximum Gasteiger partial charge on any atom is 0.228 e. The van der Waals surface area contributed by atoms with E-state index in [2.05, 4.69) is 20.9 Å². The molecule has 0 aliphatic heterocycles. The minimum absolute atomic E-state index is 0.0139. The van der Waals surface area contributed by atoms with Gasteiger partial charge in [0.15, 0.2) is 5.82 Å². The maximum absolute atomic E-state index is 12.5. The van der Waals surface area contributed by atoms with Crippen molar-refractivity contribution in [2.45, 2.75) is 13.8 Å². The third-order valence-electron chi connectivity index (χ3n) is 3.00. The zero-order valence-electron chi connectivity index (χ0n) is 10.5. The lowest BCUT2D eigenvalue weighted by Gasteiger charge is -2.17. The van der Waals surface area contributed by atoms with Gasteiger partial charge >= 0.3 is 0 Å². The Hall–Kier alpha value is -1.42. The van der Waals surface area contributed by atoms with Gasteiger partial charge in [-0.3, -0.25) is 4.79 Å². The largest absolute Gasteiger partial charge is 0.354 e. The molecule has 18 heavy (non-hydrogen) atoms. The Morgan fingerprint density at radius 1 is 1.17 bits per heavy atom. The fourth-order valence-corrected chi connectivity index (χ4v) is 2.45. The predicted molar refractivity (Wildman–Crippen MR) is 79.3 cm³/mol. The summed E-state index contributed by atoms with van der Waals surface area (Å²) in [5.74, 6) is 0.516. The molecule has 0 atom stereocenters. The van der Waals surface area contributed by atoms with E-state index in [0.717, 1.165) is 22.9 Å². The van der Waals surface area contributed by atoms with Crippen molar-refractivity contribution in [1.29, 1.82) is 0 Å². The second-order valence-corrected chi connectivity index (χ2v) is 4.83. The van der Waals surface area contributed by atoms with Crippen LogP contribution in [0, 0.1) is 0 Å². The molecule has 0 aliphatic carbocycles. The number of anilines is 1. The van der Waals surface area contributed by atoms with E-state index in [1.807, 2.05) is 43.0 Å². The fraction of sp³-hybridized carbons (Fsp3) is 0.286. The SMILES string of the molecule is CCN(CC)c1ncc(Br)c2ccccc2c1=O. The van der Waals surface area contributed by atoms with Crippen molar-refractivity contribution >= 4 is 32.5 Å². The summed E-state index contributed by atoms with van der Waals surface area (Å²) in [5, 5.41) is 1.59. The van der Waals surface area contributed by atoms with Gasteiger partial charge in [-0.15, -0.1) is 0 Å². The standard InChI is InChI=1S/C14H15BrN2O/c1-3-17(4-2)14-13(18)11-8-6-5-7-10(11)12(15)9-16-14/h5-9H,3-4H2,1-2H3. The van der Waals surface area contributed by atoms with Gasteiger partial charge < -0.3 is 4.90 Å². The van der Waals surface area contributed by atoms with Gasteiger partial charge in [-0.1, -0.05) is 24.3 Å². The Morgan fingerprint density at radius 2 is 1.78 bits per heavy atom. The van der Waals surface area contributed by atoms with E-state index in [9.17, 15) is 4.79 Å². The van der Waals surface area contributed by atoms with Gasteiger partial charge in [0.1, 0.15) is 0 Å². The van der Waals surface area contributed by atoms with E-state index in [-0.39, 0.29) is 5.43 Å². The molecule has 94 valence electrons. The van der Waals surface area contributed by atoms with Gasteiger partial charge in [0.05, 0.1) is 0 Å². The Morgan fingerprint density at radius 3 is 2.39 bits per heavy atom. The van der Waals surface area contributed by atoms with Gasteiger partial charge in [-0.05, 0) is 29.8 Å². The maximum atomic E-state index is 12.5. The lowest BCUT2D eigenvalue weighted by molar-refractivity contribution is 0.844. The molecular weight excluding hydrogens is 292 g/mol. The summed E-state index contributed by atoms with van der Waals surface area (Å²) in [4.78, 5) is 18.8. The van der Waals surface area contributed by atoms with E-state index in [1.54, 1.807) is 6.20 Å². The van der Waals surface area contributed by atoms with Crippen molar-refractivity contribution in [2.24, 2.45) is 0 Å². The third kappa shape index (κ3) is 2.25. The first-order valence-electron chi connectivity index (χ1n) is 6.01. The summed E-state index contributed by atoms with van der Waals surface area (Å²) >= 11 is 3.47. The molecule has 4 heteroatoms. The van der Waals surface area contributed by atoms with E-state index in [1.165, 1.54) is 0 Å². The number of nitrogens with zero attached hydrogens (tertiary/aromatic N) is 2. The summed E-state index contributed by atoms with van der Waals surface area (Å²) in [7, 11) is 0. The molecule has 1 aromatic heterocycles. The average Bonchev–Trinajstić information content (AvgIpc) is 2.53. The van der Waals surface area contributed by atoms with Crippen LogP contribution in [0.4, 0.5) is 5.82 Å². The van der Waals surface area contributed by atoms with Crippen molar-refractivity contribution < 1.29 is 0 Å². The Bertz CT molecular complexity index is 624. The summed E-state index contributed by atoms with van der Waals surface area (Å²) in [6.45, 7) is 5.59. The van der Waals surface area contributed by atoms with Crippen LogP contribution in [0.3, 0.4) is 0 Å². The van der Waals surface area contributed by atoms with Crippen LogP contribution in [-0.2, 0) is 0 Å². The predicted octanol–water partition coefficient (Wildman–Crippen LogP) is 3.20. The van der Waals surface area contributed by atoms with Gasteiger partial charge in [0, 0.05) is 34.5 Å². The van der Waals surface area contributed by atoms with Crippen molar-refractivity contribution in [3.05, 3.63) is 45.2 Å². The Kier molecular flexibility index (Phi) is 3.97. The first-order valence-corrected chi connectivity index (χ1v) is 6.80. The third-order valence-corrected chi connectivity index (χ3v) is 3.63. The number of fused-ring (bicyclic) bond motifs is 1. The second-order valence-electron chi connectivity index (χ2n) is 3.98. The van der Waals surface area contributed by atoms with Crippen LogP contribution < -0.4 is 10.3 Å². The van der Waals surface area contributed by atoms with E-state index in [4.69, 9.17) is 0 Å². The quantitative estimate of drug-likeness (QED) is 0.873. The van der Waals surface area contributed by atoms with Crippen molar-refractivity contribution in [1.82, 2.24) is 4.98 Å². The van der Waals surface area contributed by atoms with Crippen LogP contribution in [0.15, 0.2) is 39.7 Å². The molecule has 0 spiro atoms. The van der Waals surface area contributed by atoms with E-state index < -0.39 is 0 Å². The first kappa shape index (κ1) is 13.0. The van der Waals surface area contributed by atoms with Gasteiger partial charge in [0.2, 0.25) is 5.43 Å². The van der Waals surface area contributed by atoms with E-state index in [0.29, 0.717) is 11.2 Å². The molecule has 1 aromatic carbocycles. The zero-order valence-corrected chi connectivity index (χ0v) is 12.1. The molecular formula is C14H15BrN2O. The molecule has 0 amide bonds. The highest BCUT2D eigenvalue weighted by molar-refractivity contribution is 9.10. The molecule has 0 N–H and O–H groups in total. The molecule has 0 saturated heterocycles. The van der Waals surface area contributed by atoms with Crippen molar-refractivity contribution in [3.8, 4) is 0 Å². The van der Waals surface area contributed by atoms with Crippen molar-refractivity contribution in [3.63, 3.8) is 0 Å². The van der Waals surface area contributed by atoms with Gasteiger partial charge in [-0.25, -0.2) is 4.98 Å². The van der Waals surface area contributed by atoms with Crippen molar-refractivity contribution in [2.75, 3.05) is 18.0 Å². The molecule has 0 fully saturated rings. The smallest absolute Gasteiger partial charge is 0.228 e. The number of halogens is 1. The molecule has 0 bridgehead atoms. The molecule has 0 unspecified atom stereocenters. The second kappa shape index (κ2) is 5.48. The highest BCUT2D eigenvalue weighted by atomic mass is 79.9. The first-order chi connectivity index (χ1) is 8.69. The minimum Gasteiger partial charge on any atom is -0.354 e. The van der Waals surface area contributed by atoms with Crippen LogP contribution >= 0.6 is 15.9 Å². The van der Waals surface area contributed by atoms with Gasteiger partial charge in [-0.2, -0.15) is 0 Å². The summed E-state index contributed by atoms with van der Waals surface area (Å²) in [5.41, 5.74) is -0.0139. The van der Waals surface area contributed by atoms with Crippen LogP contribution in [0.5, 0.6) is 0 Å². The molecule has 2 rings (SSSR count). The molecule has 2 aromatic rings. The molecule has 1 heterocycles. The van der Waals surface area contributed by atoms with Crippen LogP contribution in [-0.4, -0.2) is 18.1 Å². The Balaban J connectivity index is 2.84. The summed E-state index contributed by atoms with van der Waals surface area (Å²) in [6, 6.07) is 7.57. The minimum atomic E-state index is -0.0139. The number of benzene rings is 1. The van der Waals surface area contributed by atoms with Crippen LogP contribution in [0.1, 0.15) is 13.8 Å². The molecule has 0 aliphatic rings. The normalized spacial score (nSPS) is 10.6. The number of aromatic nitrogens is 1. The van der Waals surface area contributed by atoms with Gasteiger partial charge in [0.25, 0.3) is 0 Å². The number of rotatable bonds is 3. The fourth-order valence-electron chi connectivity index (χ4n) is 2.00. The summed E-state index contributed by atoms with van der Waals surface area (Å²) < 4.78 is 0.841. The number of hydrogen-bond donors (Lipinski definition) is 0. The highest BCUT2D eigenvalue weighted by Gasteiger charge is 2.10. The van der Waals surface area contributed by atoms with E-state index >= 15 is 0 Å². The molecule has 3 nitrogen and oxygen atoms in total. The molecule has 0 saturated carbocycles. The monoisotopic (exact) mass is 306 g/mol. The lowest BCUT2D eigenvalue weighted by Crippen LogP contribution is -2.27. The van der Waals surface area contributed by atoms with Crippen LogP contribution in [0.2, 0.25) is 0 Å². The Labute approximate surface area is 115 Å². The average molecular weight is 307 g/mol. The lowest BCUT2D eigenvalue weighted by atomic mass is 10.2. The highest BCUT2D eigenvalue weighted by Crippen LogP contribution is 2.21.